The fourth-order valence-electron chi connectivity index (χ4n) is 2.69. The van der Waals surface area contributed by atoms with Crippen LogP contribution in [-0.2, 0) is 19.9 Å². The smallest absolute Gasteiger partial charge is 0.252 e. The Kier molecular flexibility index (Phi) is 4.06. The maximum atomic E-state index is 13.0. The van der Waals surface area contributed by atoms with E-state index in [1.54, 1.807) is 0 Å². The molecule has 1 unspecified atom stereocenters. The Hall–Kier alpha value is -2.43. The molecule has 2 aromatic rings. The summed E-state index contributed by atoms with van der Waals surface area (Å²) in [6.45, 7) is -0.148. The molecule has 0 bridgehead atoms. The van der Waals surface area contributed by atoms with Crippen molar-refractivity contribution in [3.05, 3.63) is 53.6 Å². The first-order chi connectivity index (χ1) is 11.6. The molecule has 0 radical (unpaired) electrons. The van der Waals surface area contributed by atoms with Crippen molar-refractivity contribution in [1.82, 2.24) is 5.32 Å². The molecule has 0 saturated carbocycles. The molecular weight excluding hydrogens is 366 g/mol. The fourth-order valence-corrected chi connectivity index (χ4v) is 5.04. The summed E-state index contributed by atoms with van der Waals surface area (Å²) in [5, 5.41) is 6.55. The maximum absolute atomic E-state index is 13.0. The van der Waals surface area contributed by atoms with Gasteiger partial charge in [0.1, 0.15) is 5.25 Å². The molecule has 1 amide bonds. The lowest BCUT2D eigenvalue weighted by Gasteiger charge is -2.16. The Labute approximate surface area is 144 Å². The van der Waals surface area contributed by atoms with Crippen LogP contribution in [0.1, 0.15) is 21.2 Å². The Morgan fingerprint density at radius 2 is 1.72 bits per heavy atom. The van der Waals surface area contributed by atoms with Crippen LogP contribution in [0.2, 0.25) is 0 Å². The highest BCUT2D eigenvalue weighted by Crippen LogP contribution is 2.33. The Balaban J connectivity index is 2.12. The number of benzene rings is 2. The number of nitrogens with two attached hydrogens (primary N) is 2. The molecule has 8 nitrogen and oxygen atoms in total. The number of hydrogen-bond donors (Lipinski definition) is 3. The molecular formula is C15H15N3O5S2. The van der Waals surface area contributed by atoms with Crippen LogP contribution in [0.3, 0.4) is 0 Å². The number of anilines is 1. The van der Waals surface area contributed by atoms with Gasteiger partial charge in [-0.2, -0.15) is 0 Å². The number of carbonyl (C=O) groups excluding carboxylic acids is 1. The molecule has 0 aromatic heterocycles. The summed E-state index contributed by atoms with van der Waals surface area (Å²) in [6.07, 6.45) is 0. The number of amides is 1. The first kappa shape index (κ1) is 17.4. The lowest BCUT2D eigenvalue weighted by atomic mass is 10.1. The summed E-state index contributed by atoms with van der Waals surface area (Å²) >= 11 is 0. The molecule has 0 spiro atoms. The first-order valence-electron chi connectivity index (χ1n) is 7.15. The third-order valence-electron chi connectivity index (χ3n) is 3.96. The number of carbonyl (C=O) groups is 1. The zero-order valence-corrected chi connectivity index (χ0v) is 14.5. The van der Waals surface area contributed by atoms with Gasteiger partial charge < -0.3 is 11.1 Å². The fraction of sp³-hybridized carbons (Fsp3) is 0.133. The number of nitrogens with one attached hydrogen (secondary N) is 1. The second kappa shape index (κ2) is 5.83. The van der Waals surface area contributed by atoms with E-state index in [0.29, 0.717) is 5.56 Å². The molecule has 1 aliphatic heterocycles. The van der Waals surface area contributed by atoms with Gasteiger partial charge in [-0.15, -0.1) is 0 Å². The average Bonchev–Trinajstić information content (AvgIpc) is 2.62. The minimum atomic E-state index is -3.89. The minimum Gasteiger partial charge on any atom is -0.399 e. The van der Waals surface area contributed by atoms with Crippen LogP contribution in [-0.4, -0.2) is 29.3 Å². The number of rotatable bonds is 2. The quantitative estimate of drug-likeness (QED) is 0.631. The third-order valence-corrected chi connectivity index (χ3v) is 7.04. The molecule has 5 N–H and O–H groups in total. The monoisotopic (exact) mass is 381 g/mol. The molecule has 25 heavy (non-hydrogen) atoms. The number of nitrogen functional groups attached to an aromatic ring is 1. The molecule has 1 atom stereocenters. The van der Waals surface area contributed by atoms with Crippen molar-refractivity contribution < 1.29 is 21.6 Å². The van der Waals surface area contributed by atoms with Crippen LogP contribution in [0.15, 0.2) is 52.3 Å². The summed E-state index contributed by atoms with van der Waals surface area (Å²) in [4.78, 5) is 11.9. The molecule has 2 aromatic carbocycles. The van der Waals surface area contributed by atoms with Crippen LogP contribution in [0.5, 0.6) is 0 Å². The zero-order valence-electron chi connectivity index (χ0n) is 12.8. The number of sulfonamides is 1. The Morgan fingerprint density at radius 3 is 2.32 bits per heavy atom. The molecule has 3 rings (SSSR count). The summed E-state index contributed by atoms with van der Waals surface area (Å²) in [5.41, 5.74) is 6.26. The highest BCUT2D eigenvalue weighted by Gasteiger charge is 2.36. The van der Waals surface area contributed by atoms with Crippen molar-refractivity contribution in [2.75, 3.05) is 12.3 Å². The molecule has 1 heterocycles. The molecule has 0 saturated heterocycles. The summed E-state index contributed by atoms with van der Waals surface area (Å²) in [7, 11) is -7.77. The largest absolute Gasteiger partial charge is 0.399 e. The van der Waals surface area contributed by atoms with Crippen molar-refractivity contribution in [2.24, 2.45) is 5.14 Å². The van der Waals surface area contributed by atoms with E-state index >= 15 is 0 Å². The van der Waals surface area contributed by atoms with E-state index in [1.165, 1.54) is 42.5 Å². The highest BCUT2D eigenvalue weighted by atomic mass is 32.2. The summed E-state index contributed by atoms with van der Waals surface area (Å²) < 4.78 is 48.6. The van der Waals surface area contributed by atoms with Crippen molar-refractivity contribution in [2.45, 2.75) is 15.0 Å². The molecule has 0 fully saturated rings. The first-order valence-corrected chi connectivity index (χ1v) is 10.2. The topological polar surface area (TPSA) is 149 Å². The van der Waals surface area contributed by atoms with Crippen LogP contribution < -0.4 is 16.2 Å². The van der Waals surface area contributed by atoms with Crippen LogP contribution in [0, 0.1) is 0 Å². The van der Waals surface area contributed by atoms with E-state index in [1.807, 2.05) is 0 Å². The van der Waals surface area contributed by atoms with E-state index in [4.69, 9.17) is 10.9 Å². The predicted octanol–water partition coefficient (Wildman–Crippen LogP) is 0.175. The average molecular weight is 381 g/mol. The van der Waals surface area contributed by atoms with Gasteiger partial charge in [0.2, 0.25) is 10.0 Å². The van der Waals surface area contributed by atoms with Crippen molar-refractivity contribution in [1.29, 1.82) is 0 Å². The van der Waals surface area contributed by atoms with Gasteiger partial charge in [-0.05, 0) is 35.9 Å². The number of fused-ring (bicyclic) bond motifs is 1. The molecule has 132 valence electrons. The second-order valence-electron chi connectivity index (χ2n) is 5.61. The lowest BCUT2D eigenvalue weighted by molar-refractivity contribution is 0.0952. The molecule has 1 aliphatic rings. The molecule has 0 aliphatic carbocycles. The van der Waals surface area contributed by atoms with Gasteiger partial charge in [-0.3, -0.25) is 4.79 Å². The van der Waals surface area contributed by atoms with Crippen LogP contribution in [0.4, 0.5) is 5.69 Å². The van der Waals surface area contributed by atoms with Crippen molar-refractivity contribution in [3.8, 4) is 0 Å². The zero-order chi connectivity index (χ0) is 18.4. The lowest BCUT2D eigenvalue weighted by Crippen LogP contribution is -2.27. The standard InChI is InChI=1S/C15H15N3O5S2/c16-10-3-6-13-12(7-10)15(19)18-8-14(24(13,20)21)9-1-4-11(5-2-9)25(17,22)23/h1-7,14H,8,16H2,(H,18,19)(H2,17,22,23). The minimum absolute atomic E-state index is 0.0105. The summed E-state index contributed by atoms with van der Waals surface area (Å²) in [5.74, 6) is -0.533. The van der Waals surface area contributed by atoms with Gasteiger partial charge in [0.15, 0.2) is 9.84 Å². The van der Waals surface area contributed by atoms with Gasteiger partial charge in [-0.1, -0.05) is 12.1 Å². The van der Waals surface area contributed by atoms with Gasteiger partial charge in [-0.25, -0.2) is 22.0 Å². The van der Waals surface area contributed by atoms with E-state index in [-0.39, 0.29) is 27.6 Å². The highest BCUT2D eigenvalue weighted by molar-refractivity contribution is 7.91. The Morgan fingerprint density at radius 1 is 1.08 bits per heavy atom. The van der Waals surface area contributed by atoms with Gasteiger partial charge >= 0.3 is 0 Å². The third kappa shape index (κ3) is 3.11. The van der Waals surface area contributed by atoms with E-state index < -0.39 is 31.0 Å². The normalized spacial score (nSPS) is 19.6. The molecule has 10 heteroatoms. The van der Waals surface area contributed by atoms with Gasteiger partial charge in [0.05, 0.1) is 15.4 Å². The number of primary sulfonamides is 1. The Bertz CT molecular complexity index is 1060. The van der Waals surface area contributed by atoms with Gasteiger partial charge in [0, 0.05) is 12.2 Å². The number of hydrogen-bond acceptors (Lipinski definition) is 6. The van der Waals surface area contributed by atoms with E-state index in [2.05, 4.69) is 5.32 Å². The van der Waals surface area contributed by atoms with Crippen molar-refractivity contribution in [3.63, 3.8) is 0 Å². The van der Waals surface area contributed by atoms with Crippen LogP contribution >= 0.6 is 0 Å². The van der Waals surface area contributed by atoms with Gasteiger partial charge in [0.25, 0.3) is 5.91 Å². The predicted molar refractivity (Wildman–Crippen MR) is 90.9 cm³/mol. The van der Waals surface area contributed by atoms with E-state index in [0.717, 1.165) is 0 Å². The maximum Gasteiger partial charge on any atom is 0.252 e. The SMILES string of the molecule is Nc1ccc2c(c1)C(=O)NCC(c1ccc(S(N)(=O)=O)cc1)S2(=O)=O. The van der Waals surface area contributed by atoms with Crippen molar-refractivity contribution >= 4 is 31.5 Å². The number of sulfone groups is 1. The second-order valence-corrected chi connectivity index (χ2v) is 9.27. The van der Waals surface area contributed by atoms with E-state index in [9.17, 15) is 21.6 Å². The van der Waals surface area contributed by atoms with Crippen LogP contribution in [0.25, 0.3) is 0 Å². The summed E-state index contributed by atoms with van der Waals surface area (Å²) in [6, 6.07) is 9.24.